The Balaban J connectivity index is 1.74. The predicted octanol–water partition coefficient (Wildman–Crippen LogP) is 1.92. The highest BCUT2D eigenvalue weighted by atomic mass is 15.1. The lowest BCUT2D eigenvalue weighted by molar-refractivity contribution is 0.226. The fraction of sp³-hybridized carbons (Fsp3) is 0.714. The van der Waals surface area contributed by atoms with Crippen molar-refractivity contribution >= 4 is 0 Å². The molecule has 1 aromatic heterocycles. The van der Waals surface area contributed by atoms with Crippen LogP contribution in [-0.4, -0.2) is 41.0 Å². The number of hydrogen-bond acceptors (Lipinski definition) is 4. The van der Waals surface area contributed by atoms with Crippen LogP contribution in [0.25, 0.3) is 0 Å². The van der Waals surface area contributed by atoms with E-state index in [0.717, 1.165) is 24.5 Å². The topological polar surface area (TPSA) is 41.1 Å². The van der Waals surface area contributed by atoms with Crippen molar-refractivity contribution < 1.29 is 0 Å². The maximum atomic E-state index is 4.41. The van der Waals surface area contributed by atoms with Gasteiger partial charge in [-0.3, -0.25) is 9.97 Å². The van der Waals surface area contributed by atoms with Crippen LogP contribution in [0.15, 0.2) is 12.4 Å². The maximum Gasteiger partial charge on any atom is 0.0782 e. The van der Waals surface area contributed by atoms with Gasteiger partial charge in [0.25, 0.3) is 0 Å². The Morgan fingerprint density at radius 1 is 1.22 bits per heavy atom. The third-order valence-corrected chi connectivity index (χ3v) is 3.66. The number of hydrogen-bond donors (Lipinski definition) is 1. The van der Waals surface area contributed by atoms with Crippen LogP contribution in [-0.2, 0) is 0 Å². The minimum atomic E-state index is 0.281. The number of rotatable bonds is 5. The summed E-state index contributed by atoms with van der Waals surface area (Å²) in [6.07, 6.45) is 7.64. The lowest BCUT2D eigenvalue weighted by Crippen LogP contribution is -2.36. The Morgan fingerprint density at radius 2 is 1.94 bits per heavy atom. The monoisotopic (exact) mass is 248 g/mol. The fourth-order valence-corrected chi connectivity index (χ4v) is 2.56. The van der Waals surface area contributed by atoms with Gasteiger partial charge in [-0.15, -0.1) is 0 Å². The molecule has 1 aliphatic rings. The molecule has 0 spiro atoms. The zero-order chi connectivity index (χ0) is 12.8. The summed E-state index contributed by atoms with van der Waals surface area (Å²) in [5.74, 6) is 0. The van der Waals surface area contributed by atoms with Crippen molar-refractivity contribution in [2.24, 2.45) is 0 Å². The van der Waals surface area contributed by atoms with E-state index in [0.29, 0.717) is 0 Å². The van der Waals surface area contributed by atoms with Gasteiger partial charge in [0.2, 0.25) is 0 Å². The molecule has 0 amide bonds. The molecule has 0 bridgehead atoms. The minimum Gasteiger partial charge on any atom is -0.308 e. The Morgan fingerprint density at radius 3 is 2.67 bits per heavy atom. The van der Waals surface area contributed by atoms with E-state index in [9.17, 15) is 0 Å². The molecule has 18 heavy (non-hydrogen) atoms. The maximum absolute atomic E-state index is 4.41. The average molecular weight is 248 g/mol. The number of piperidine rings is 1. The molecule has 1 fully saturated rings. The number of nitrogens with zero attached hydrogens (tertiary/aromatic N) is 3. The Labute approximate surface area is 110 Å². The number of aryl methyl sites for hydroxylation is 1. The van der Waals surface area contributed by atoms with Crippen LogP contribution in [0.1, 0.15) is 43.6 Å². The van der Waals surface area contributed by atoms with Crippen LogP contribution in [0.3, 0.4) is 0 Å². The lowest BCUT2D eigenvalue weighted by atomic mass is 10.1. The van der Waals surface area contributed by atoms with Crippen LogP contribution in [0.2, 0.25) is 0 Å². The third kappa shape index (κ3) is 3.75. The highest BCUT2D eigenvalue weighted by Gasteiger charge is 2.12. The predicted molar refractivity (Wildman–Crippen MR) is 73.5 cm³/mol. The first-order valence-electron chi connectivity index (χ1n) is 7.00. The standard InChI is InChI=1S/C14H24N4/c1-12-14(17-7-6-15-12)13(2)16-8-11-18-9-4-3-5-10-18/h6-7,13,16H,3-5,8-11H2,1-2H3. The average Bonchev–Trinajstić information content (AvgIpc) is 2.40. The van der Waals surface area contributed by atoms with Crippen molar-refractivity contribution in [3.8, 4) is 0 Å². The molecule has 1 saturated heterocycles. The van der Waals surface area contributed by atoms with Crippen molar-refractivity contribution in [1.29, 1.82) is 0 Å². The second-order valence-electron chi connectivity index (χ2n) is 5.11. The summed E-state index contributed by atoms with van der Waals surface area (Å²) in [7, 11) is 0. The molecule has 2 rings (SSSR count). The van der Waals surface area contributed by atoms with Gasteiger partial charge in [-0.1, -0.05) is 6.42 Å². The summed E-state index contributed by atoms with van der Waals surface area (Å²) in [5.41, 5.74) is 2.09. The van der Waals surface area contributed by atoms with E-state index in [-0.39, 0.29) is 6.04 Å². The van der Waals surface area contributed by atoms with E-state index < -0.39 is 0 Å². The van der Waals surface area contributed by atoms with E-state index >= 15 is 0 Å². The smallest absolute Gasteiger partial charge is 0.0782 e. The van der Waals surface area contributed by atoms with Gasteiger partial charge in [0.1, 0.15) is 0 Å². The van der Waals surface area contributed by atoms with Gasteiger partial charge in [-0.05, 0) is 39.8 Å². The van der Waals surface area contributed by atoms with Crippen molar-refractivity contribution in [2.45, 2.75) is 39.2 Å². The largest absolute Gasteiger partial charge is 0.308 e. The molecule has 1 aromatic rings. The summed E-state index contributed by atoms with van der Waals surface area (Å²) in [5, 5.41) is 3.54. The van der Waals surface area contributed by atoms with Crippen LogP contribution >= 0.6 is 0 Å². The number of aromatic nitrogens is 2. The summed E-state index contributed by atoms with van der Waals surface area (Å²) in [6.45, 7) is 8.87. The molecule has 1 aliphatic heterocycles. The van der Waals surface area contributed by atoms with Crippen LogP contribution in [0, 0.1) is 6.92 Å². The molecule has 1 N–H and O–H groups in total. The quantitative estimate of drug-likeness (QED) is 0.864. The van der Waals surface area contributed by atoms with E-state index in [4.69, 9.17) is 0 Å². The zero-order valence-corrected chi connectivity index (χ0v) is 11.5. The molecule has 4 heteroatoms. The molecular formula is C14H24N4. The summed E-state index contributed by atoms with van der Waals surface area (Å²) < 4.78 is 0. The van der Waals surface area contributed by atoms with Crippen molar-refractivity contribution in [3.63, 3.8) is 0 Å². The first-order valence-corrected chi connectivity index (χ1v) is 7.00. The normalized spacial score (nSPS) is 18.8. The molecule has 4 nitrogen and oxygen atoms in total. The Bertz CT molecular complexity index is 361. The van der Waals surface area contributed by atoms with Crippen LogP contribution in [0.5, 0.6) is 0 Å². The van der Waals surface area contributed by atoms with E-state index in [2.05, 4.69) is 27.1 Å². The summed E-state index contributed by atoms with van der Waals surface area (Å²) in [4.78, 5) is 11.2. The molecule has 0 aliphatic carbocycles. The van der Waals surface area contributed by atoms with Gasteiger partial charge in [-0.2, -0.15) is 0 Å². The van der Waals surface area contributed by atoms with Crippen molar-refractivity contribution in [1.82, 2.24) is 20.2 Å². The van der Waals surface area contributed by atoms with E-state index in [1.165, 1.54) is 32.4 Å². The molecule has 0 aromatic carbocycles. The Hall–Kier alpha value is -1.00. The van der Waals surface area contributed by atoms with Gasteiger partial charge < -0.3 is 10.2 Å². The van der Waals surface area contributed by atoms with Gasteiger partial charge in [-0.25, -0.2) is 0 Å². The summed E-state index contributed by atoms with van der Waals surface area (Å²) in [6, 6.07) is 0.281. The molecule has 0 saturated carbocycles. The molecule has 0 radical (unpaired) electrons. The van der Waals surface area contributed by atoms with Gasteiger partial charge in [0, 0.05) is 31.5 Å². The SMILES string of the molecule is Cc1nccnc1C(C)NCCN1CCCCC1. The second kappa shape index (κ2) is 6.81. The molecule has 1 atom stereocenters. The number of nitrogens with one attached hydrogen (secondary N) is 1. The fourth-order valence-electron chi connectivity index (χ4n) is 2.56. The molecule has 1 unspecified atom stereocenters. The summed E-state index contributed by atoms with van der Waals surface area (Å²) >= 11 is 0. The van der Waals surface area contributed by atoms with Crippen molar-refractivity contribution in [3.05, 3.63) is 23.8 Å². The van der Waals surface area contributed by atoms with Crippen LogP contribution < -0.4 is 5.32 Å². The van der Waals surface area contributed by atoms with Crippen molar-refractivity contribution in [2.75, 3.05) is 26.2 Å². The van der Waals surface area contributed by atoms with Crippen LogP contribution in [0.4, 0.5) is 0 Å². The Kier molecular flexibility index (Phi) is 5.08. The third-order valence-electron chi connectivity index (χ3n) is 3.66. The zero-order valence-electron chi connectivity index (χ0n) is 11.5. The second-order valence-corrected chi connectivity index (χ2v) is 5.11. The molecule has 2 heterocycles. The highest BCUT2D eigenvalue weighted by molar-refractivity contribution is 5.12. The highest BCUT2D eigenvalue weighted by Crippen LogP contribution is 2.12. The molecular weight excluding hydrogens is 224 g/mol. The first-order chi connectivity index (χ1) is 8.77. The van der Waals surface area contributed by atoms with Gasteiger partial charge >= 0.3 is 0 Å². The number of likely N-dealkylation sites (tertiary alicyclic amines) is 1. The lowest BCUT2D eigenvalue weighted by Gasteiger charge is -2.27. The minimum absolute atomic E-state index is 0.281. The first kappa shape index (κ1) is 13.4. The van der Waals surface area contributed by atoms with Gasteiger partial charge in [0.05, 0.1) is 11.4 Å². The van der Waals surface area contributed by atoms with E-state index in [1.807, 2.05) is 6.92 Å². The molecule has 100 valence electrons. The van der Waals surface area contributed by atoms with Gasteiger partial charge in [0.15, 0.2) is 0 Å². The van der Waals surface area contributed by atoms with E-state index in [1.54, 1.807) is 12.4 Å².